The Kier molecular flexibility index (Phi) is 5.50. The summed E-state index contributed by atoms with van der Waals surface area (Å²) in [5.41, 5.74) is 5.03. The average molecular weight is 346 g/mol. The molecule has 0 spiro atoms. The molecule has 4 N–H and O–H groups in total. The van der Waals surface area contributed by atoms with Crippen LogP contribution >= 0.6 is 15.9 Å². The number of hydrogen-bond donors (Lipinski definition) is 3. The first-order valence-electron chi connectivity index (χ1n) is 6.15. The fourth-order valence-electron chi connectivity index (χ4n) is 1.88. The van der Waals surface area contributed by atoms with Crippen molar-refractivity contribution in [1.29, 1.82) is 0 Å². The van der Waals surface area contributed by atoms with Gasteiger partial charge in [-0.15, -0.1) is 0 Å². The van der Waals surface area contributed by atoms with E-state index < -0.39 is 17.3 Å². The van der Waals surface area contributed by atoms with E-state index in [1.54, 1.807) is 0 Å². The number of halogens is 2. The first-order chi connectivity index (χ1) is 9.40. The van der Waals surface area contributed by atoms with Crippen LogP contribution in [0.5, 0.6) is 0 Å². The second kappa shape index (κ2) is 6.69. The molecule has 1 amide bonds. The first-order valence-corrected chi connectivity index (χ1v) is 6.95. The van der Waals surface area contributed by atoms with E-state index in [0.717, 1.165) is 0 Å². The molecule has 1 rings (SSSR count). The lowest BCUT2D eigenvalue weighted by Crippen LogP contribution is -2.56. The molecule has 110 valence electrons. The highest BCUT2D eigenvalue weighted by Gasteiger charge is 2.33. The van der Waals surface area contributed by atoms with E-state index in [4.69, 9.17) is 10.9 Å². The Morgan fingerprint density at radius 1 is 1.50 bits per heavy atom. The van der Waals surface area contributed by atoms with Crippen LogP contribution in [0.2, 0.25) is 0 Å². The lowest BCUT2D eigenvalue weighted by atomic mass is 9.91. The van der Waals surface area contributed by atoms with Crippen molar-refractivity contribution < 1.29 is 14.4 Å². The van der Waals surface area contributed by atoms with Crippen molar-refractivity contribution >= 4 is 27.7 Å². The van der Waals surface area contributed by atoms with Crippen LogP contribution in [0.25, 0.3) is 0 Å². The molecule has 20 heavy (non-hydrogen) atoms. The predicted octanol–water partition coefficient (Wildman–Crippen LogP) is 2.62. The number of rotatable bonds is 5. The summed E-state index contributed by atoms with van der Waals surface area (Å²) in [5, 5.41) is 14.6. The number of amidine groups is 1. The minimum Gasteiger partial charge on any atom is -0.409 e. The Labute approximate surface area is 125 Å². The zero-order chi connectivity index (χ0) is 15.3. The third-order valence-electron chi connectivity index (χ3n) is 3.34. The fourth-order valence-corrected chi connectivity index (χ4v) is 2.25. The number of oxime groups is 1. The highest BCUT2D eigenvalue weighted by atomic mass is 79.9. The summed E-state index contributed by atoms with van der Waals surface area (Å²) in [5.74, 6) is -0.923. The summed E-state index contributed by atoms with van der Waals surface area (Å²) in [6, 6.07) is 3.95. The van der Waals surface area contributed by atoms with Crippen LogP contribution in [0.3, 0.4) is 0 Å². The molecule has 0 unspecified atom stereocenters. The number of benzene rings is 1. The molecular formula is C13H17BrFN3O2. The van der Waals surface area contributed by atoms with Crippen LogP contribution in [0.4, 0.5) is 4.39 Å². The van der Waals surface area contributed by atoms with E-state index in [2.05, 4.69) is 26.4 Å². The molecule has 0 saturated heterocycles. The zero-order valence-corrected chi connectivity index (χ0v) is 12.9. The molecule has 0 bridgehead atoms. The fraction of sp³-hybridized carbons (Fsp3) is 0.385. The van der Waals surface area contributed by atoms with Gasteiger partial charge in [-0.05, 0) is 47.0 Å². The van der Waals surface area contributed by atoms with Gasteiger partial charge in [0.25, 0.3) is 5.91 Å². The van der Waals surface area contributed by atoms with E-state index in [-0.39, 0.29) is 15.9 Å². The summed E-state index contributed by atoms with van der Waals surface area (Å²) in [7, 11) is 0. The molecule has 0 atom stereocenters. The SMILES string of the molecule is CCC(CC)(NC(=O)c1ccc(F)c(Br)c1)/C(N)=N/O. The van der Waals surface area contributed by atoms with Gasteiger partial charge in [0, 0.05) is 5.56 Å². The first kappa shape index (κ1) is 16.4. The highest BCUT2D eigenvalue weighted by Crippen LogP contribution is 2.20. The van der Waals surface area contributed by atoms with Gasteiger partial charge < -0.3 is 16.3 Å². The minimum atomic E-state index is -0.924. The van der Waals surface area contributed by atoms with Gasteiger partial charge in [0.2, 0.25) is 0 Å². The third-order valence-corrected chi connectivity index (χ3v) is 3.95. The lowest BCUT2D eigenvalue weighted by molar-refractivity contribution is 0.0917. The summed E-state index contributed by atoms with van der Waals surface area (Å²) in [6.45, 7) is 3.64. The van der Waals surface area contributed by atoms with Gasteiger partial charge in [0.15, 0.2) is 5.84 Å². The van der Waals surface area contributed by atoms with Crippen LogP contribution in [0, 0.1) is 5.82 Å². The van der Waals surface area contributed by atoms with Crippen molar-refractivity contribution in [3.63, 3.8) is 0 Å². The molecule has 7 heteroatoms. The minimum absolute atomic E-state index is 0.0583. The molecule has 0 heterocycles. The number of nitrogens with zero attached hydrogens (tertiary/aromatic N) is 1. The maximum absolute atomic E-state index is 13.2. The summed E-state index contributed by atoms with van der Waals surface area (Å²) >= 11 is 3.03. The summed E-state index contributed by atoms with van der Waals surface area (Å²) < 4.78 is 13.4. The van der Waals surface area contributed by atoms with Crippen LogP contribution in [-0.4, -0.2) is 22.5 Å². The van der Waals surface area contributed by atoms with Gasteiger partial charge >= 0.3 is 0 Å². The van der Waals surface area contributed by atoms with E-state index >= 15 is 0 Å². The Bertz CT molecular complexity index is 530. The number of carbonyl (C=O) groups is 1. The number of nitrogens with two attached hydrogens (primary N) is 1. The van der Waals surface area contributed by atoms with Crippen LogP contribution in [0.1, 0.15) is 37.0 Å². The van der Waals surface area contributed by atoms with Gasteiger partial charge in [0.1, 0.15) is 11.4 Å². The van der Waals surface area contributed by atoms with Gasteiger partial charge in [-0.25, -0.2) is 4.39 Å². The van der Waals surface area contributed by atoms with Gasteiger partial charge in [-0.3, -0.25) is 4.79 Å². The van der Waals surface area contributed by atoms with Crippen LogP contribution < -0.4 is 11.1 Å². The number of nitrogens with one attached hydrogen (secondary N) is 1. The second-order valence-electron chi connectivity index (χ2n) is 4.36. The molecule has 0 aliphatic rings. The van der Waals surface area contributed by atoms with Crippen molar-refractivity contribution in [2.24, 2.45) is 10.9 Å². The quantitative estimate of drug-likeness (QED) is 0.331. The number of hydrogen-bond acceptors (Lipinski definition) is 3. The molecular weight excluding hydrogens is 329 g/mol. The molecule has 0 saturated carbocycles. The molecule has 0 radical (unpaired) electrons. The maximum atomic E-state index is 13.2. The Hall–Kier alpha value is -1.63. The predicted molar refractivity (Wildman–Crippen MR) is 78.3 cm³/mol. The average Bonchev–Trinajstić information content (AvgIpc) is 2.46. The van der Waals surface area contributed by atoms with Crippen molar-refractivity contribution in [1.82, 2.24) is 5.32 Å². The van der Waals surface area contributed by atoms with Crippen molar-refractivity contribution in [3.8, 4) is 0 Å². The Morgan fingerprint density at radius 2 is 2.10 bits per heavy atom. The van der Waals surface area contributed by atoms with E-state index in [1.165, 1.54) is 18.2 Å². The molecule has 1 aromatic rings. The molecule has 0 aliphatic heterocycles. The topological polar surface area (TPSA) is 87.7 Å². The number of carbonyl (C=O) groups excluding carboxylic acids is 1. The number of amides is 1. The van der Waals surface area contributed by atoms with E-state index in [0.29, 0.717) is 12.8 Å². The van der Waals surface area contributed by atoms with Gasteiger partial charge in [0.05, 0.1) is 4.47 Å². The largest absolute Gasteiger partial charge is 0.409 e. The van der Waals surface area contributed by atoms with E-state index in [9.17, 15) is 9.18 Å². The molecule has 0 fully saturated rings. The van der Waals surface area contributed by atoms with Crippen molar-refractivity contribution in [2.45, 2.75) is 32.2 Å². The molecule has 0 aromatic heterocycles. The van der Waals surface area contributed by atoms with Crippen LogP contribution in [0.15, 0.2) is 27.8 Å². The molecule has 1 aromatic carbocycles. The van der Waals surface area contributed by atoms with Crippen molar-refractivity contribution in [2.75, 3.05) is 0 Å². The lowest BCUT2D eigenvalue weighted by Gasteiger charge is -2.31. The Balaban J connectivity index is 3.05. The smallest absolute Gasteiger partial charge is 0.252 e. The normalized spacial score (nSPS) is 12.3. The highest BCUT2D eigenvalue weighted by molar-refractivity contribution is 9.10. The van der Waals surface area contributed by atoms with Crippen molar-refractivity contribution in [3.05, 3.63) is 34.1 Å². The van der Waals surface area contributed by atoms with Gasteiger partial charge in [-0.2, -0.15) is 0 Å². The molecule has 0 aliphatic carbocycles. The van der Waals surface area contributed by atoms with E-state index in [1.807, 2.05) is 13.8 Å². The second-order valence-corrected chi connectivity index (χ2v) is 5.21. The standard InChI is InChI=1S/C13H17BrFN3O2/c1-3-13(4-2,12(16)18-20)17-11(19)8-5-6-10(15)9(14)7-8/h5-7,20H,3-4H2,1-2H3,(H2,16,18)(H,17,19). The summed E-state index contributed by atoms with van der Waals surface area (Å²) in [6.07, 6.45) is 0.932. The van der Waals surface area contributed by atoms with Gasteiger partial charge in [-0.1, -0.05) is 19.0 Å². The maximum Gasteiger partial charge on any atom is 0.252 e. The third kappa shape index (κ3) is 3.27. The Morgan fingerprint density at radius 3 is 2.55 bits per heavy atom. The summed E-state index contributed by atoms with van der Waals surface area (Å²) in [4.78, 5) is 12.2. The zero-order valence-electron chi connectivity index (χ0n) is 11.3. The molecule has 5 nitrogen and oxygen atoms in total. The van der Waals surface area contributed by atoms with Crippen LogP contribution in [-0.2, 0) is 0 Å². The monoisotopic (exact) mass is 345 g/mol.